The van der Waals surface area contributed by atoms with Gasteiger partial charge in [0.15, 0.2) is 0 Å². The maximum atomic E-state index is 12.7. The van der Waals surface area contributed by atoms with E-state index in [0.717, 1.165) is 29.8 Å². The van der Waals surface area contributed by atoms with E-state index in [1.807, 2.05) is 18.4 Å². The molecular formula is C37H33F6N4NaO5. The van der Waals surface area contributed by atoms with E-state index in [2.05, 4.69) is 9.97 Å². The monoisotopic (exact) mass is 750 g/mol. The maximum Gasteiger partial charge on any atom is 1.00 e. The summed E-state index contributed by atoms with van der Waals surface area (Å²) in [4.78, 5) is 32.3. The molecule has 274 valence electrons. The number of hydrogen-bond acceptors (Lipinski definition) is 6. The molecule has 0 amide bonds. The van der Waals surface area contributed by atoms with Gasteiger partial charge in [-0.05, 0) is 85.3 Å². The SMILES string of the molecule is CCn1cc(C(=O)O)c2c(Cc3ccc(C(F)(F)F)cc3)ccnc21.CCn1cc(C(=O)OC)c2c(Cc3ccc(C(F)(F)F)cc3)ccnc21.[Na+].[OH-]. The Bertz CT molecular complexity index is 2200. The predicted octanol–water partition coefficient (Wildman–Crippen LogP) is 5.64. The number of carbonyl (C=O) groups is 2. The summed E-state index contributed by atoms with van der Waals surface area (Å²) in [6, 6.07) is 13.4. The molecule has 4 aromatic heterocycles. The van der Waals surface area contributed by atoms with Crippen molar-refractivity contribution >= 4 is 34.0 Å². The number of fused-ring (bicyclic) bond motifs is 2. The number of aryl methyl sites for hydroxylation is 2. The fourth-order valence-corrected chi connectivity index (χ4v) is 5.83. The van der Waals surface area contributed by atoms with Gasteiger partial charge in [0.05, 0.1) is 29.4 Å². The van der Waals surface area contributed by atoms with E-state index in [0.29, 0.717) is 70.3 Å². The molecule has 6 aromatic rings. The fourth-order valence-electron chi connectivity index (χ4n) is 5.83. The van der Waals surface area contributed by atoms with Crippen LogP contribution in [-0.4, -0.2) is 48.7 Å². The molecule has 9 nitrogen and oxygen atoms in total. The van der Waals surface area contributed by atoms with Crippen LogP contribution in [0, 0.1) is 0 Å². The zero-order valence-corrected chi connectivity index (χ0v) is 31.1. The van der Waals surface area contributed by atoms with E-state index in [-0.39, 0.29) is 40.6 Å². The molecule has 2 N–H and O–H groups in total. The van der Waals surface area contributed by atoms with Gasteiger partial charge in [-0.3, -0.25) is 0 Å². The summed E-state index contributed by atoms with van der Waals surface area (Å²) in [5.74, 6) is -1.53. The molecule has 16 heteroatoms. The Morgan fingerprint density at radius 2 is 1.06 bits per heavy atom. The van der Waals surface area contributed by atoms with Crippen LogP contribution in [0.15, 0.2) is 85.5 Å². The van der Waals surface area contributed by atoms with Crippen LogP contribution < -0.4 is 29.6 Å². The third kappa shape index (κ3) is 9.46. The van der Waals surface area contributed by atoms with E-state index in [1.165, 1.54) is 37.6 Å². The molecule has 0 aliphatic heterocycles. The minimum atomic E-state index is -4.38. The number of hydrogen-bond donors (Lipinski definition) is 1. The molecule has 0 fully saturated rings. The number of benzene rings is 2. The fraction of sp³-hybridized carbons (Fsp3) is 0.243. The standard InChI is InChI=1S/C19H17F3N2O2.C18H15F3N2O2.Na.H2O/c1-3-24-11-15(18(25)26-2)16-13(8-9-23-17(16)24)10-12-4-6-14(7-5-12)19(20,21)22;1-2-23-10-14(17(24)25)15-12(7-8-22-16(15)23)9-11-3-5-13(6-4-11)18(19,20)21;;/h4-9,11H,3,10H2,1-2H3;3-8,10H,2,9H2,1H3,(H,24,25);;1H2/q;;+1;/p-1. The minimum Gasteiger partial charge on any atom is -0.870 e. The van der Waals surface area contributed by atoms with Crippen molar-refractivity contribution in [1.82, 2.24) is 19.1 Å². The number of esters is 1. The first-order valence-corrected chi connectivity index (χ1v) is 15.7. The molecule has 0 saturated carbocycles. The molecule has 4 heterocycles. The second-order valence-electron chi connectivity index (χ2n) is 11.5. The summed E-state index contributed by atoms with van der Waals surface area (Å²) in [5.41, 5.74) is 3.27. The third-order valence-electron chi connectivity index (χ3n) is 8.36. The Labute approximate surface area is 321 Å². The Balaban J connectivity index is 0.000000275. The Morgan fingerprint density at radius 1 is 0.679 bits per heavy atom. The molecule has 0 spiro atoms. The number of halogens is 6. The molecule has 0 radical (unpaired) electrons. The van der Waals surface area contributed by atoms with Crippen molar-refractivity contribution in [2.45, 2.75) is 52.1 Å². The summed E-state index contributed by atoms with van der Waals surface area (Å²) in [6.07, 6.45) is -1.58. The zero-order chi connectivity index (χ0) is 37.1. The van der Waals surface area contributed by atoms with Crippen molar-refractivity contribution < 1.29 is 80.8 Å². The van der Waals surface area contributed by atoms with E-state index < -0.39 is 35.4 Å². The predicted molar refractivity (Wildman–Crippen MR) is 180 cm³/mol. The van der Waals surface area contributed by atoms with Crippen LogP contribution >= 0.6 is 0 Å². The van der Waals surface area contributed by atoms with Crippen molar-refractivity contribution in [1.29, 1.82) is 0 Å². The van der Waals surface area contributed by atoms with Gasteiger partial charge in [-0.15, -0.1) is 0 Å². The first-order valence-electron chi connectivity index (χ1n) is 15.7. The van der Waals surface area contributed by atoms with Gasteiger partial charge in [-0.1, -0.05) is 24.3 Å². The van der Waals surface area contributed by atoms with Gasteiger partial charge in [0.2, 0.25) is 0 Å². The number of aromatic carboxylic acids is 1. The molecule has 0 unspecified atom stereocenters. The van der Waals surface area contributed by atoms with Crippen molar-refractivity contribution in [3.8, 4) is 0 Å². The number of carboxylic acid groups (broad SMARTS) is 1. The van der Waals surface area contributed by atoms with Crippen LogP contribution in [-0.2, 0) is 43.0 Å². The average molecular weight is 751 g/mol. The Kier molecular flexibility index (Phi) is 14.0. The summed E-state index contributed by atoms with van der Waals surface area (Å²) in [6.45, 7) is 5.02. The van der Waals surface area contributed by atoms with Crippen LogP contribution in [0.5, 0.6) is 0 Å². The van der Waals surface area contributed by atoms with Crippen molar-refractivity contribution in [2.75, 3.05) is 7.11 Å². The van der Waals surface area contributed by atoms with Gasteiger partial charge < -0.3 is 24.5 Å². The number of ether oxygens (including phenoxy) is 1. The first-order chi connectivity index (χ1) is 24.2. The summed E-state index contributed by atoms with van der Waals surface area (Å²) < 4.78 is 84.6. The number of pyridine rings is 2. The topological polar surface area (TPSA) is 129 Å². The van der Waals surface area contributed by atoms with Crippen LogP contribution in [0.4, 0.5) is 26.3 Å². The normalized spacial score (nSPS) is 11.3. The summed E-state index contributed by atoms with van der Waals surface area (Å²) >= 11 is 0. The van der Waals surface area contributed by atoms with Crippen LogP contribution in [0.2, 0.25) is 0 Å². The third-order valence-corrected chi connectivity index (χ3v) is 8.36. The summed E-state index contributed by atoms with van der Waals surface area (Å²) in [5, 5.41) is 10.6. The van der Waals surface area contributed by atoms with Crippen LogP contribution in [0.25, 0.3) is 22.1 Å². The van der Waals surface area contributed by atoms with E-state index >= 15 is 0 Å². The second-order valence-corrected chi connectivity index (χ2v) is 11.5. The van der Waals surface area contributed by atoms with Crippen molar-refractivity contribution in [3.63, 3.8) is 0 Å². The second kappa shape index (κ2) is 17.4. The molecule has 53 heavy (non-hydrogen) atoms. The quantitative estimate of drug-likeness (QED) is 0.121. The maximum absolute atomic E-state index is 12.7. The number of nitrogens with zero attached hydrogens (tertiary/aromatic N) is 4. The Hall–Kier alpha value is -4.70. The van der Waals surface area contributed by atoms with Gasteiger partial charge in [0.25, 0.3) is 0 Å². The Morgan fingerprint density at radius 3 is 1.40 bits per heavy atom. The summed E-state index contributed by atoms with van der Waals surface area (Å²) in [7, 11) is 1.31. The number of aromatic nitrogens is 4. The number of alkyl halides is 6. The number of rotatable bonds is 8. The molecule has 2 aromatic carbocycles. The molecule has 0 atom stereocenters. The van der Waals surface area contributed by atoms with Gasteiger partial charge in [-0.2, -0.15) is 26.3 Å². The van der Waals surface area contributed by atoms with Gasteiger partial charge in [0.1, 0.15) is 11.3 Å². The first kappa shape index (κ1) is 42.7. The number of carbonyl (C=O) groups excluding carboxylic acids is 1. The minimum absolute atomic E-state index is 0. The van der Waals surface area contributed by atoms with Gasteiger partial charge >= 0.3 is 53.8 Å². The van der Waals surface area contributed by atoms with Crippen molar-refractivity contribution in [2.24, 2.45) is 0 Å². The largest absolute Gasteiger partial charge is 1.00 e. The molecule has 0 bridgehead atoms. The zero-order valence-electron chi connectivity index (χ0n) is 29.1. The smallest absolute Gasteiger partial charge is 0.870 e. The van der Waals surface area contributed by atoms with E-state index in [4.69, 9.17) is 4.74 Å². The van der Waals surface area contributed by atoms with E-state index in [9.17, 15) is 41.0 Å². The number of carboxylic acids is 1. The van der Waals surface area contributed by atoms with Crippen LogP contribution in [0.3, 0.4) is 0 Å². The molecule has 0 aliphatic carbocycles. The molecule has 0 aliphatic rings. The van der Waals surface area contributed by atoms with Gasteiger partial charge in [-0.25, -0.2) is 19.6 Å². The molecular weight excluding hydrogens is 717 g/mol. The van der Waals surface area contributed by atoms with Crippen LogP contribution in [0.1, 0.15) is 67.9 Å². The van der Waals surface area contributed by atoms with Crippen molar-refractivity contribution in [3.05, 3.63) is 130 Å². The number of methoxy groups -OCH3 is 1. The molecule has 0 saturated heterocycles. The van der Waals surface area contributed by atoms with E-state index in [1.54, 1.807) is 35.3 Å². The average Bonchev–Trinajstić information content (AvgIpc) is 3.68. The van der Waals surface area contributed by atoms with Gasteiger partial charge in [0, 0.05) is 48.6 Å². The molecule has 6 rings (SSSR count).